The van der Waals surface area contributed by atoms with E-state index in [0.29, 0.717) is 0 Å². The molecular weight excluding hydrogens is 246 g/mol. The van der Waals surface area contributed by atoms with Gasteiger partial charge in [-0.3, -0.25) is 0 Å². The number of nitrogens with two attached hydrogens (primary N) is 1. The largest absolute Gasteiger partial charge is 0.457 e. The topological polar surface area (TPSA) is 35.2 Å². The number of hydrogen-bond acceptors (Lipinski definition) is 2. The van der Waals surface area contributed by atoms with E-state index in [0.717, 1.165) is 27.6 Å². The molecule has 2 nitrogen and oxygen atoms in total. The van der Waals surface area contributed by atoms with E-state index in [2.05, 4.69) is 0 Å². The maximum Gasteiger partial charge on any atom is 0.127 e. The molecule has 0 fully saturated rings. The molecule has 94 valence electrons. The predicted octanol–water partition coefficient (Wildman–Crippen LogP) is 4.46. The van der Waals surface area contributed by atoms with Crippen LogP contribution in [0, 0.1) is 6.92 Å². The number of ether oxygens (including phenoxy) is 1. The summed E-state index contributed by atoms with van der Waals surface area (Å²) in [7, 11) is 0. The molecule has 18 heavy (non-hydrogen) atoms. The molecule has 0 spiro atoms. The predicted molar refractivity (Wildman–Crippen MR) is 75.3 cm³/mol. The summed E-state index contributed by atoms with van der Waals surface area (Å²) in [5.41, 5.74) is 7.89. The van der Waals surface area contributed by atoms with Crippen molar-refractivity contribution in [3.63, 3.8) is 0 Å². The maximum absolute atomic E-state index is 5.97. The van der Waals surface area contributed by atoms with Gasteiger partial charge >= 0.3 is 0 Å². The van der Waals surface area contributed by atoms with Gasteiger partial charge in [-0.15, -0.1) is 0 Å². The van der Waals surface area contributed by atoms with Crippen LogP contribution in [0.1, 0.15) is 24.1 Å². The number of halogens is 1. The summed E-state index contributed by atoms with van der Waals surface area (Å²) in [6, 6.07) is 13.4. The summed E-state index contributed by atoms with van der Waals surface area (Å²) in [6.07, 6.45) is 0. The van der Waals surface area contributed by atoms with E-state index < -0.39 is 0 Å². The van der Waals surface area contributed by atoms with E-state index >= 15 is 0 Å². The van der Waals surface area contributed by atoms with E-state index in [1.54, 1.807) is 0 Å². The Morgan fingerprint density at radius 1 is 1.06 bits per heavy atom. The fraction of sp³-hybridized carbons (Fsp3) is 0.200. The molecule has 0 saturated carbocycles. The van der Waals surface area contributed by atoms with Gasteiger partial charge in [-0.05, 0) is 55.3 Å². The Hall–Kier alpha value is -1.51. The Balaban J connectivity index is 2.15. The van der Waals surface area contributed by atoms with Crippen LogP contribution in [0.4, 0.5) is 0 Å². The average Bonchev–Trinajstić information content (AvgIpc) is 2.34. The summed E-state index contributed by atoms with van der Waals surface area (Å²) in [6.45, 7) is 3.91. The standard InChI is InChI=1S/C15H16ClNO/c1-10-9-14(7-8-15(10)16)18-13-5-3-12(4-6-13)11(2)17/h3-9,11H,17H2,1-2H3/t11-/m1/s1. The second-order valence-corrected chi connectivity index (χ2v) is 4.78. The second kappa shape index (κ2) is 5.42. The van der Waals surface area contributed by atoms with Gasteiger partial charge in [0.05, 0.1) is 0 Å². The SMILES string of the molecule is Cc1cc(Oc2ccc([C@@H](C)N)cc2)ccc1Cl. The van der Waals surface area contributed by atoms with Crippen LogP contribution in [0.15, 0.2) is 42.5 Å². The van der Waals surface area contributed by atoms with Crippen molar-refractivity contribution in [3.8, 4) is 11.5 Å². The molecule has 1 atom stereocenters. The summed E-state index contributed by atoms with van der Waals surface area (Å²) < 4.78 is 5.75. The molecule has 0 aromatic heterocycles. The van der Waals surface area contributed by atoms with Gasteiger partial charge in [0.2, 0.25) is 0 Å². The number of rotatable bonds is 3. The molecule has 0 aliphatic rings. The molecule has 0 radical (unpaired) electrons. The van der Waals surface area contributed by atoms with Gasteiger partial charge < -0.3 is 10.5 Å². The molecule has 0 amide bonds. The van der Waals surface area contributed by atoms with E-state index in [9.17, 15) is 0 Å². The first-order valence-electron chi connectivity index (χ1n) is 5.86. The van der Waals surface area contributed by atoms with Crippen LogP contribution in [-0.2, 0) is 0 Å². The van der Waals surface area contributed by atoms with Crippen molar-refractivity contribution in [2.75, 3.05) is 0 Å². The highest BCUT2D eigenvalue weighted by molar-refractivity contribution is 6.31. The van der Waals surface area contributed by atoms with Gasteiger partial charge in [-0.25, -0.2) is 0 Å². The lowest BCUT2D eigenvalue weighted by atomic mass is 10.1. The minimum atomic E-state index is 0.0387. The molecule has 0 aliphatic carbocycles. The number of benzene rings is 2. The van der Waals surface area contributed by atoms with Crippen LogP contribution < -0.4 is 10.5 Å². The lowest BCUT2D eigenvalue weighted by Gasteiger charge is -2.09. The van der Waals surface area contributed by atoms with Crippen molar-refractivity contribution in [2.45, 2.75) is 19.9 Å². The van der Waals surface area contributed by atoms with Crippen LogP contribution in [0.5, 0.6) is 11.5 Å². The van der Waals surface area contributed by atoms with Gasteiger partial charge in [0, 0.05) is 11.1 Å². The van der Waals surface area contributed by atoms with Crippen molar-refractivity contribution in [3.05, 3.63) is 58.6 Å². The summed E-state index contributed by atoms with van der Waals surface area (Å²) in [4.78, 5) is 0. The zero-order valence-corrected chi connectivity index (χ0v) is 11.2. The third-order valence-corrected chi connectivity index (χ3v) is 3.20. The normalized spacial score (nSPS) is 12.2. The molecule has 2 aromatic rings. The highest BCUT2D eigenvalue weighted by Gasteiger charge is 2.02. The fourth-order valence-corrected chi connectivity index (χ4v) is 1.77. The summed E-state index contributed by atoms with van der Waals surface area (Å²) >= 11 is 5.97. The first-order chi connectivity index (χ1) is 8.56. The van der Waals surface area contributed by atoms with Crippen LogP contribution in [-0.4, -0.2) is 0 Å². The van der Waals surface area contributed by atoms with Crippen LogP contribution >= 0.6 is 11.6 Å². The molecule has 0 saturated heterocycles. The van der Waals surface area contributed by atoms with Crippen molar-refractivity contribution in [1.82, 2.24) is 0 Å². The third kappa shape index (κ3) is 3.03. The van der Waals surface area contributed by atoms with Crippen molar-refractivity contribution >= 4 is 11.6 Å². The second-order valence-electron chi connectivity index (χ2n) is 4.37. The van der Waals surface area contributed by atoms with Crippen LogP contribution in [0.25, 0.3) is 0 Å². The maximum atomic E-state index is 5.97. The fourth-order valence-electron chi connectivity index (χ4n) is 1.66. The van der Waals surface area contributed by atoms with E-state index in [-0.39, 0.29) is 6.04 Å². The quantitative estimate of drug-likeness (QED) is 0.885. The van der Waals surface area contributed by atoms with Gasteiger partial charge in [-0.1, -0.05) is 23.7 Å². The molecule has 0 unspecified atom stereocenters. The molecular formula is C15H16ClNO. The number of aryl methyl sites for hydroxylation is 1. The third-order valence-electron chi connectivity index (χ3n) is 2.77. The highest BCUT2D eigenvalue weighted by Crippen LogP contribution is 2.26. The Kier molecular flexibility index (Phi) is 3.90. The zero-order chi connectivity index (χ0) is 13.1. The first kappa shape index (κ1) is 12.9. The molecule has 3 heteroatoms. The van der Waals surface area contributed by atoms with Crippen molar-refractivity contribution in [2.24, 2.45) is 5.73 Å². The van der Waals surface area contributed by atoms with Crippen molar-refractivity contribution in [1.29, 1.82) is 0 Å². The van der Waals surface area contributed by atoms with E-state index in [4.69, 9.17) is 22.1 Å². The number of hydrogen-bond donors (Lipinski definition) is 1. The lowest BCUT2D eigenvalue weighted by Crippen LogP contribution is -2.04. The Bertz CT molecular complexity index is 535. The van der Waals surface area contributed by atoms with Crippen LogP contribution in [0.3, 0.4) is 0 Å². The molecule has 2 rings (SSSR count). The summed E-state index contributed by atoms with van der Waals surface area (Å²) in [5, 5.41) is 0.745. The van der Waals surface area contributed by atoms with Gasteiger partial charge in [0.25, 0.3) is 0 Å². The lowest BCUT2D eigenvalue weighted by molar-refractivity contribution is 0.482. The van der Waals surface area contributed by atoms with Gasteiger partial charge in [0.15, 0.2) is 0 Å². The summed E-state index contributed by atoms with van der Waals surface area (Å²) in [5.74, 6) is 1.58. The van der Waals surface area contributed by atoms with E-state index in [1.807, 2.05) is 56.3 Å². The van der Waals surface area contributed by atoms with Crippen molar-refractivity contribution < 1.29 is 4.74 Å². The molecule has 2 aromatic carbocycles. The Morgan fingerprint density at radius 2 is 1.67 bits per heavy atom. The van der Waals surface area contributed by atoms with Crippen LogP contribution in [0.2, 0.25) is 5.02 Å². The zero-order valence-electron chi connectivity index (χ0n) is 10.5. The smallest absolute Gasteiger partial charge is 0.127 e. The molecule has 0 heterocycles. The highest BCUT2D eigenvalue weighted by atomic mass is 35.5. The van der Waals surface area contributed by atoms with E-state index in [1.165, 1.54) is 0 Å². The average molecular weight is 262 g/mol. The van der Waals surface area contributed by atoms with Gasteiger partial charge in [0.1, 0.15) is 11.5 Å². The first-order valence-corrected chi connectivity index (χ1v) is 6.23. The molecule has 2 N–H and O–H groups in total. The van der Waals surface area contributed by atoms with Gasteiger partial charge in [-0.2, -0.15) is 0 Å². The minimum absolute atomic E-state index is 0.0387. The molecule has 0 bridgehead atoms. The minimum Gasteiger partial charge on any atom is -0.457 e. The monoisotopic (exact) mass is 261 g/mol. The Labute approximate surface area is 112 Å². The molecule has 0 aliphatic heterocycles. The Morgan fingerprint density at radius 3 is 2.22 bits per heavy atom.